The number of amides is 1. The molecule has 0 fully saturated rings. The third-order valence-electron chi connectivity index (χ3n) is 4.46. The summed E-state index contributed by atoms with van der Waals surface area (Å²) in [5.41, 5.74) is 2.50. The number of anilines is 1. The van der Waals surface area contributed by atoms with Gasteiger partial charge in [-0.2, -0.15) is 0 Å². The second kappa shape index (κ2) is 7.47. The van der Waals surface area contributed by atoms with Gasteiger partial charge < -0.3 is 9.64 Å². The molecule has 3 rings (SSSR count). The minimum absolute atomic E-state index is 0.0299. The fraction of sp³-hybridized carbons (Fsp3) is 0.316. The summed E-state index contributed by atoms with van der Waals surface area (Å²) in [5.74, 6) is 0.650. The summed E-state index contributed by atoms with van der Waals surface area (Å²) in [6.07, 6.45) is 1.59. The fourth-order valence-corrected chi connectivity index (χ4v) is 4.18. The number of ether oxygens (including phenoxy) is 1. The Bertz CT molecular complexity index is 925. The van der Waals surface area contributed by atoms with Crippen LogP contribution in [0.25, 0.3) is 0 Å². The first-order chi connectivity index (χ1) is 12.4. The summed E-state index contributed by atoms with van der Waals surface area (Å²) < 4.78 is 33.0. The SMILES string of the molecule is COc1cccc(CNS(=O)(=O)c2ccc3c(c2)CCCN3C(C)=O)c1. The van der Waals surface area contributed by atoms with Crippen LogP contribution in [-0.4, -0.2) is 28.0 Å². The smallest absolute Gasteiger partial charge is 0.240 e. The van der Waals surface area contributed by atoms with Crippen molar-refractivity contribution in [3.63, 3.8) is 0 Å². The van der Waals surface area contributed by atoms with Crippen LogP contribution >= 0.6 is 0 Å². The number of fused-ring (bicyclic) bond motifs is 1. The van der Waals surface area contributed by atoms with Gasteiger partial charge in [-0.1, -0.05) is 12.1 Å². The fourth-order valence-electron chi connectivity index (χ4n) is 3.11. The van der Waals surface area contributed by atoms with Gasteiger partial charge in [-0.25, -0.2) is 13.1 Å². The van der Waals surface area contributed by atoms with Gasteiger partial charge in [0, 0.05) is 25.7 Å². The maximum Gasteiger partial charge on any atom is 0.240 e. The molecule has 2 aromatic rings. The second-order valence-corrected chi connectivity index (χ2v) is 8.01. The van der Waals surface area contributed by atoms with E-state index in [1.54, 1.807) is 36.3 Å². The van der Waals surface area contributed by atoms with Gasteiger partial charge in [0.25, 0.3) is 0 Å². The molecule has 0 bridgehead atoms. The van der Waals surface area contributed by atoms with Gasteiger partial charge in [0.15, 0.2) is 0 Å². The molecular formula is C19H22N2O4S. The number of nitrogens with one attached hydrogen (secondary N) is 1. The Morgan fingerprint density at radius 2 is 2.04 bits per heavy atom. The summed E-state index contributed by atoms with van der Waals surface area (Å²) in [4.78, 5) is 13.6. The highest BCUT2D eigenvalue weighted by Gasteiger charge is 2.23. The van der Waals surface area contributed by atoms with Gasteiger partial charge >= 0.3 is 0 Å². The second-order valence-electron chi connectivity index (χ2n) is 6.24. The number of benzene rings is 2. The number of aryl methyl sites for hydroxylation is 1. The maximum atomic E-state index is 12.6. The van der Waals surface area contributed by atoms with Gasteiger partial charge in [-0.15, -0.1) is 0 Å². The lowest BCUT2D eigenvalue weighted by molar-refractivity contribution is -0.116. The van der Waals surface area contributed by atoms with Crippen molar-refractivity contribution in [1.29, 1.82) is 0 Å². The number of sulfonamides is 1. The van der Waals surface area contributed by atoms with Crippen LogP contribution in [0.5, 0.6) is 5.75 Å². The van der Waals surface area contributed by atoms with Crippen molar-refractivity contribution in [2.45, 2.75) is 31.2 Å². The first-order valence-electron chi connectivity index (χ1n) is 8.44. The Morgan fingerprint density at radius 1 is 1.23 bits per heavy atom. The Hall–Kier alpha value is -2.38. The Morgan fingerprint density at radius 3 is 2.77 bits per heavy atom. The zero-order chi connectivity index (χ0) is 18.7. The molecule has 0 saturated carbocycles. The summed E-state index contributed by atoms with van der Waals surface area (Å²) in [6, 6.07) is 12.2. The van der Waals surface area contributed by atoms with E-state index in [9.17, 15) is 13.2 Å². The molecule has 1 heterocycles. The first kappa shape index (κ1) is 18.4. The maximum absolute atomic E-state index is 12.6. The van der Waals surface area contributed by atoms with Gasteiger partial charge in [0.1, 0.15) is 5.75 Å². The van der Waals surface area contributed by atoms with Crippen LogP contribution in [0, 0.1) is 0 Å². The van der Waals surface area contributed by atoms with Crippen molar-refractivity contribution in [2.24, 2.45) is 0 Å². The third kappa shape index (κ3) is 3.89. The minimum atomic E-state index is -3.64. The summed E-state index contributed by atoms with van der Waals surface area (Å²) in [7, 11) is -2.07. The summed E-state index contributed by atoms with van der Waals surface area (Å²) in [5, 5.41) is 0. The number of hydrogen-bond acceptors (Lipinski definition) is 4. The normalized spacial score (nSPS) is 14.0. The molecule has 1 aliphatic rings. The Labute approximate surface area is 153 Å². The third-order valence-corrected chi connectivity index (χ3v) is 5.86. The topological polar surface area (TPSA) is 75.7 Å². The molecule has 0 atom stereocenters. The summed E-state index contributed by atoms with van der Waals surface area (Å²) >= 11 is 0. The van der Waals surface area contributed by atoms with Crippen LogP contribution in [0.15, 0.2) is 47.4 Å². The van der Waals surface area contributed by atoms with Crippen LogP contribution < -0.4 is 14.4 Å². The number of carbonyl (C=O) groups excluding carboxylic acids is 1. The Kier molecular flexibility index (Phi) is 5.29. The van der Waals surface area contributed by atoms with Crippen molar-refractivity contribution < 1.29 is 17.9 Å². The lowest BCUT2D eigenvalue weighted by Crippen LogP contribution is -2.33. The molecule has 0 aliphatic carbocycles. The standard InChI is InChI=1S/C19H22N2O4S/c1-14(22)21-10-4-6-16-12-18(8-9-19(16)21)26(23,24)20-13-15-5-3-7-17(11-15)25-2/h3,5,7-9,11-12,20H,4,6,10,13H2,1-2H3. The predicted octanol–water partition coefficient (Wildman–Crippen LogP) is 2.47. The van der Waals surface area contributed by atoms with Crippen LogP contribution in [0.3, 0.4) is 0 Å². The molecule has 138 valence electrons. The minimum Gasteiger partial charge on any atom is -0.497 e. The van der Waals surface area contributed by atoms with E-state index in [1.165, 1.54) is 6.92 Å². The molecule has 0 spiro atoms. The first-order valence-corrected chi connectivity index (χ1v) is 9.92. The van der Waals surface area contributed by atoms with Crippen molar-refractivity contribution in [1.82, 2.24) is 4.72 Å². The number of nitrogens with zero attached hydrogens (tertiary/aromatic N) is 1. The molecule has 26 heavy (non-hydrogen) atoms. The van der Waals surface area contributed by atoms with Crippen LogP contribution in [0.2, 0.25) is 0 Å². The van der Waals surface area contributed by atoms with E-state index in [4.69, 9.17) is 4.74 Å². The molecule has 2 aromatic carbocycles. The van der Waals surface area contributed by atoms with Gasteiger partial charge in [-0.05, 0) is 54.3 Å². The van der Waals surface area contributed by atoms with Crippen molar-refractivity contribution in [2.75, 3.05) is 18.6 Å². The monoisotopic (exact) mass is 374 g/mol. The lowest BCUT2D eigenvalue weighted by Gasteiger charge is -2.28. The van der Waals surface area contributed by atoms with Crippen LogP contribution in [-0.2, 0) is 27.8 Å². The molecule has 0 saturated heterocycles. The largest absolute Gasteiger partial charge is 0.497 e. The molecule has 0 radical (unpaired) electrons. The average molecular weight is 374 g/mol. The number of methoxy groups -OCH3 is 1. The number of rotatable bonds is 5. The van der Waals surface area contributed by atoms with Crippen LogP contribution in [0.4, 0.5) is 5.69 Å². The predicted molar refractivity (Wildman–Crippen MR) is 99.8 cm³/mol. The number of hydrogen-bond donors (Lipinski definition) is 1. The quantitative estimate of drug-likeness (QED) is 0.872. The molecule has 1 aliphatic heterocycles. The van der Waals surface area contributed by atoms with E-state index in [-0.39, 0.29) is 17.3 Å². The summed E-state index contributed by atoms with van der Waals surface area (Å²) in [6.45, 7) is 2.37. The van der Waals surface area contributed by atoms with Gasteiger partial charge in [0.05, 0.1) is 12.0 Å². The molecule has 0 aromatic heterocycles. The van der Waals surface area contributed by atoms with E-state index in [0.717, 1.165) is 29.7 Å². The lowest BCUT2D eigenvalue weighted by atomic mass is 10.0. The van der Waals surface area contributed by atoms with E-state index < -0.39 is 10.0 Å². The average Bonchev–Trinajstić information content (AvgIpc) is 2.65. The highest BCUT2D eigenvalue weighted by molar-refractivity contribution is 7.89. The molecule has 0 unspecified atom stereocenters. The van der Waals surface area contributed by atoms with E-state index in [2.05, 4.69) is 4.72 Å². The molecule has 7 heteroatoms. The van der Waals surface area contributed by atoms with Crippen molar-refractivity contribution in [3.05, 3.63) is 53.6 Å². The van der Waals surface area contributed by atoms with E-state index >= 15 is 0 Å². The van der Waals surface area contributed by atoms with Crippen LogP contribution in [0.1, 0.15) is 24.5 Å². The van der Waals surface area contributed by atoms with E-state index in [1.807, 2.05) is 18.2 Å². The van der Waals surface area contributed by atoms with Crippen molar-refractivity contribution >= 4 is 21.6 Å². The van der Waals surface area contributed by atoms with Crippen molar-refractivity contribution in [3.8, 4) is 5.75 Å². The highest BCUT2D eigenvalue weighted by Crippen LogP contribution is 2.29. The van der Waals surface area contributed by atoms with Gasteiger partial charge in [-0.3, -0.25) is 4.79 Å². The molecule has 6 nitrogen and oxygen atoms in total. The van der Waals surface area contributed by atoms with E-state index in [0.29, 0.717) is 12.3 Å². The van der Waals surface area contributed by atoms with Gasteiger partial charge in [0.2, 0.25) is 15.9 Å². The zero-order valence-corrected chi connectivity index (χ0v) is 15.7. The molecule has 1 amide bonds. The zero-order valence-electron chi connectivity index (χ0n) is 14.9. The Balaban J connectivity index is 1.80. The molecular weight excluding hydrogens is 352 g/mol. The molecule has 1 N–H and O–H groups in total. The number of carbonyl (C=O) groups is 1. The highest BCUT2D eigenvalue weighted by atomic mass is 32.2.